The van der Waals surface area contributed by atoms with Crippen molar-refractivity contribution in [2.75, 3.05) is 6.61 Å². The van der Waals surface area contributed by atoms with Gasteiger partial charge in [0, 0.05) is 0 Å². The smallest absolute Gasteiger partial charge is 0.450 e. The largest absolute Gasteiger partial charge is 0.507 e. The maximum absolute atomic E-state index is 11.1. The fourth-order valence-electron chi connectivity index (χ4n) is 0.890. The Morgan fingerprint density at radius 2 is 1.75 bits per heavy atom. The monoisotopic (exact) mass is 258 g/mol. The van der Waals surface area contributed by atoms with Crippen LogP contribution in [0.5, 0.6) is 0 Å². The van der Waals surface area contributed by atoms with Crippen molar-refractivity contribution in [2.24, 2.45) is 0 Å². The normalized spacial score (nSPS) is 14.9. The molecule has 0 bridgehead atoms. The van der Waals surface area contributed by atoms with Crippen LogP contribution < -0.4 is 0 Å². The number of carbonyl (C=O) groups is 2. The summed E-state index contributed by atoms with van der Waals surface area (Å²) < 4.78 is 19.1. The molecule has 1 unspecified atom stereocenters. The first-order chi connectivity index (χ1) is 7.14. The Balaban J connectivity index is 5.04. The van der Waals surface area contributed by atoms with E-state index in [2.05, 4.69) is 9.47 Å². The van der Waals surface area contributed by atoms with Gasteiger partial charge < -0.3 is 29.5 Å². The van der Waals surface area contributed by atoms with Crippen molar-refractivity contribution in [1.29, 1.82) is 0 Å². The molecule has 0 amide bonds. The summed E-state index contributed by atoms with van der Waals surface area (Å²) in [5.41, 5.74) is 0. The Morgan fingerprint density at radius 3 is 2.00 bits per heavy atom. The van der Waals surface area contributed by atoms with Crippen LogP contribution in [-0.2, 0) is 14.0 Å². The molecule has 9 nitrogen and oxygen atoms in total. The standard InChI is InChI=1S/C6H11O9P/c1-2-6(15-5(9)10,16(11,12)13)3-14-4(7)8/h2-3H2,1H3,(H,7,8)(H,9,10)(H2,11,12,13). The highest BCUT2D eigenvalue weighted by Crippen LogP contribution is 2.53. The molecule has 1 atom stereocenters. The number of rotatable bonds is 5. The zero-order valence-corrected chi connectivity index (χ0v) is 9.09. The molecule has 0 aromatic heterocycles. The van der Waals surface area contributed by atoms with Gasteiger partial charge in [-0.1, -0.05) is 6.92 Å². The van der Waals surface area contributed by atoms with E-state index in [1.54, 1.807) is 0 Å². The molecule has 0 radical (unpaired) electrons. The second-order valence-corrected chi connectivity index (χ2v) is 4.67. The minimum absolute atomic E-state index is 0.434. The van der Waals surface area contributed by atoms with E-state index in [0.717, 1.165) is 0 Å². The van der Waals surface area contributed by atoms with E-state index in [4.69, 9.17) is 20.0 Å². The summed E-state index contributed by atoms with van der Waals surface area (Å²) in [5.74, 6) is 0. The van der Waals surface area contributed by atoms with Gasteiger partial charge in [0.15, 0.2) is 0 Å². The van der Waals surface area contributed by atoms with Gasteiger partial charge in [-0.15, -0.1) is 0 Å². The number of hydrogen-bond acceptors (Lipinski definition) is 5. The summed E-state index contributed by atoms with van der Waals surface area (Å²) >= 11 is 0. The fourth-order valence-corrected chi connectivity index (χ4v) is 1.73. The van der Waals surface area contributed by atoms with Crippen LogP contribution >= 0.6 is 7.60 Å². The van der Waals surface area contributed by atoms with Gasteiger partial charge in [-0.3, -0.25) is 4.57 Å². The summed E-state index contributed by atoms with van der Waals surface area (Å²) in [6, 6.07) is 0. The first kappa shape index (κ1) is 14.7. The van der Waals surface area contributed by atoms with Gasteiger partial charge in [-0.2, -0.15) is 0 Å². The van der Waals surface area contributed by atoms with Crippen LogP contribution in [0.2, 0.25) is 0 Å². The Labute approximate surface area is 89.8 Å². The molecule has 0 saturated carbocycles. The van der Waals surface area contributed by atoms with Gasteiger partial charge in [0.1, 0.15) is 6.61 Å². The van der Waals surface area contributed by atoms with Gasteiger partial charge in [-0.25, -0.2) is 9.59 Å². The van der Waals surface area contributed by atoms with Crippen molar-refractivity contribution < 1.29 is 43.6 Å². The van der Waals surface area contributed by atoms with E-state index < -0.39 is 38.3 Å². The lowest BCUT2D eigenvalue weighted by molar-refractivity contribution is -0.0308. The average molecular weight is 258 g/mol. The number of carboxylic acid groups (broad SMARTS) is 2. The predicted octanol–water partition coefficient (Wildman–Crippen LogP) is 0.660. The Hall–Kier alpha value is -1.31. The van der Waals surface area contributed by atoms with Gasteiger partial charge >= 0.3 is 19.9 Å². The van der Waals surface area contributed by atoms with Crippen LogP contribution in [0.1, 0.15) is 13.3 Å². The molecule has 0 aliphatic heterocycles. The van der Waals surface area contributed by atoms with Crippen LogP contribution in [-0.4, -0.2) is 44.3 Å². The molecule has 16 heavy (non-hydrogen) atoms. The average Bonchev–Trinajstić information content (AvgIpc) is 2.09. The fraction of sp³-hybridized carbons (Fsp3) is 0.667. The minimum atomic E-state index is -5.01. The van der Waals surface area contributed by atoms with Crippen molar-refractivity contribution in [1.82, 2.24) is 0 Å². The highest BCUT2D eigenvalue weighted by atomic mass is 31.2. The predicted molar refractivity (Wildman–Crippen MR) is 48.2 cm³/mol. The minimum Gasteiger partial charge on any atom is -0.450 e. The van der Waals surface area contributed by atoms with Crippen LogP contribution in [0.3, 0.4) is 0 Å². The lowest BCUT2D eigenvalue weighted by atomic mass is 10.3. The Bertz CT molecular complexity index is 320. The molecular weight excluding hydrogens is 247 g/mol. The maximum atomic E-state index is 11.1. The zero-order valence-electron chi connectivity index (χ0n) is 8.19. The van der Waals surface area contributed by atoms with Crippen LogP contribution in [0, 0.1) is 0 Å². The number of ether oxygens (including phenoxy) is 2. The second kappa shape index (κ2) is 5.15. The molecule has 0 aromatic rings. The summed E-state index contributed by atoms with van der Waals surface area (Å²) in [6.07, 6.45) is -4.16. The molecule has 10 heteroatoms. The van der Waals surface area contributed by atoms with Crippen molar-refractivity contribution in [3.8, 4) is 0 Å². The van der Waals surface area contributed by atoms with Crippen LogP contribution in [0.25, 0.3) is 0 Å². The third-order valence-corrected chi connectivity index (χ3v) is 3.38. The van der Waals surface area contributed by atoms with Crippen LogP contribution in [0.4, 0.5) is 9.59 Å². The van der Waals surface area contributed by atoms with Crippen molar-refractivity contribution in [3.63, 3.8) is 0 Å². The van der Waals surface area contributed by atoms with E-state index in [-0.39, 0.29) is 0 Å². The highest BCUT2D eigenvalue weighted by molar-refractivity contribution is 7.53. The van der Waals surface area contributed by atoms with E-state index in [1.807, 2.05) is 0 Å². The lowest BCUT2D eigenvalue weighted by Gasteiger charge is -2.30. The summed E-state index contributed by atoms with van der Waals surface area (Å²) in [4.78, 5) is 38.3. The summed E-state index contributed by atoms with van der Waals surface area (Å²) in [5, 5.41) is 14.0. The van der Waals surface area contributed by atoms with Gasteiger partial charge in [0.05, 0.1) is 0 Å². The lowest BCUT2D eigenvalue weighted by Crippen LogP contribution is -2.39. The van der Waals surface area contributed by atoms with E-state index in [9.17, 15) is 14.2 Å². The highest BCUT2D eigenvalue weighted by Gasteiger charge is 2.51. The molecule has 0 saturated heterocycles. The van der Waals surface area contributed by atoms with Crippen molar-refractivity contribution >= 4 is 19.9 Å². The first-order valence-electron chi connectivity index (χ1n) is 3.98. The summed E-state index contributed by atoms with van der Waals surface area (Å²) in [6.45, 7) is 0.155. The molecule has 0 heterocycles. The van der Waals surface area contributed by atoms with Crippen molar-refractivity contribution in [3.05, 3.63) is 0 Å². The van der Waals surface area contributed by atoms with Gasteiger partial charge in [0.25, 0.3) is 0 Å². The maximum Gasteiger partial charge on any atom is 0.507 e. The van der Waals surface area contributed by atoms with E-state index >= 15 is 0 Å². The molecule has 0 rings (SSSR count). The van der Waals surface area contributed by atoms with Gasteiger partial charge in [0.2, 0.25) is 5.34 Å². The quantitative estimate of drug-likeness (QED) is 0.411. The first-order valence-corrected chi connectivity index (χ1v) is 5.59. The number of hydrogen-bond donors (Lipinski definition) is 4. The zero-order chi connectivity index (χ0) is 13.0. The van der Waals surface area contributed by atoms with Crippen molar-refractivity contribution in [2.45, 2.75) is 18.7 Å². The molecular formula is C6H11O9P. The van der Waals surface area contributed by atoms with E-state index in [0.29, 0.717) is 0 Å². The molecule has 94 valence electrons. The third-order valence-electron chi connectivity index (χ3n) is 1.78. The van der Waals surface area contributed by atoms with Gasteiger partial charge in [-0.05, 0) is 6.42 Å². The SMILES string of the molecule is CCC(COC(=O)O)(OC(=O)O)P(=O)(O)O. The second-order valence-electron chi connectivity index (χ2n) is 2.77. The molecule has 0 spiro atoms. The molecule has 0 fully saturated rings. The molecule has 4 N–H and O–H groups in total. The van der Waals surface area contributed by atoms with E-state index in [1.165, 1.54) is 6.92 Å². The third kappa shape index (κ3) is 3.69. The summed E-state index contributed by atoms with van der Waals surface area (Å²) in [7, 11) is -5.01. The molecule has 0 aliphatic rings. The topological polar surface area (TPSA) is 151 Å². The molecule has 0 aliphatic carbocycles. The molecule has 0 aromatic carbocycles. The van der Waals surface area contributed by atoms with Crippen LogP contribution in [0.15, 0.2) is 0 Å². The Kier molecular flexibility index (Phi) is 4.73. The Morgan fingerprint density at radius 1 is 1.25 bits per heavy atom.